The number of halogens is 3. The second-order valence-electron chi connectivity index (χ2n) is 9.10. The number of hydrogen-bond donors (Lipinski definition) is 2. The van der Waals surface area contributed by atoms with Crippen LogP contribution in [0.5, 0.6) is 0 Å². The highest BCUT2D eigenvalue weighted by atomic mass is 19.4. The summed E-state index contributed by atoms with van der Waals surface area (Å²) >= 11 is 0. The predicted molar refractivity (Wildman–Crippen MR) is 124 cm³/mol. The fraction of sp³-hybridized carbons (Fsp3) is 0.458. The van der Waals surface area contributed by atoms with Crippen molar-refractivity contribution < 1.29 is 22.8 Å². The van der Waals surface area contributed by atoms with E-state index < -0.39 is 11.7 Å². The molecule has 0 aromatic carbocycles. The highest BCUT2D eigenvalue weighted by molar-refractivity contribution is 5.62. The summed E-state index contributed by atoms with van der Waals surface area (Å²) in [5, 5.41) is 7.39. The Hall–Kier alpha value is -3.02. The molecule has 0 radical (unpaired) electrons. The number of aromatic amines is 1. The number of alkyl halides is 3. The molecule has 0 bridgehead atoms. The van der Waals surface area contributed by atoms with E-state index in [4.69, 9.17) is 4.74 Å². The predicted octanol–water partition coefficient (Wildman–Crippen LogP) is 2.14. The molecule has 186 valence electrons. The van der Waals surface area contributed by atoms with Crippen molar-refractivity contribution >= 4 is 11.6 Å². The van der Waals surface area contributed by atoms with E-state index in [9.17, 15) is 13.2 Å². The van der Waals surface area contributed by atoms with Crippen LogP contribution in [0.2, 0.25) is 0 Å². The van der Waals surface area contributed by atoms with E-state index in [2.05, 4.69) is 49.0 Å². The number of quaternary nitrogens is 1. The van der Waals surface area contributed by atoms with Crippen molar-refractivity contribution in [2.45, 2.75) is 25.7 Å². The zero-order valence-electron chi connectivity index (χ0n) is 19.6. The van der Waals surface area contributed by atoms with Gasteiger partial charge in [0.2, 0.25) is 5.82 Å². The molecule has 2 aliphatic heterocycles. The van der Waals surface area contributed by atoms with Gasteiger partial charge in [-0.1, -0.05) is 0 Å². The molecule has 2 N–H and O–H groups in total. The minimum absolute atomic E-state index is 0.112. The SMILES string of the molecule is C[C@@H]1CN(Cc2cn[nH]c2-c2ccc([NH+]3CCOCC3)nc2)CCN1c1ccc(C(F)(F)F)cn1. The van der Waals surface area contributed by atoms with E-state index >= 15 is 0 Å². The fourth-order valence-electron chi connectivity index (χ4n) is 4.79. The topological polar surface area (TPSA) is 74.6 Å². The Bertz CT molecular complexity index is 1110. The number of nitrogens with zero attached hydrogens (tertiary/aromatic N) is 5. The lowest BCUT2D eigenvalue weighted by molar-refractivity contribution is -0.844. The van der Waals surface area contributed by atoms with Crippen LogP contribution in [0.1, 0.15) is 18.1 Å². The summed E-state index contributed by atoms with van der Waals surface area (Å²) < 4.78 is 44.0. The van der Waals surface area contributed by atoms with E-state index in [0.29, 0.717) is 12.4 Å². The first-order chi connectivity index (χ1) is 16.9. The Balaban J connectivity index is 1.22. The molecule has 0 unspecified atom stereocenters. The third kappa shape index (κ3) is 5.31. The number of rotatable bonds is 5. The zero-order valence-corrected chi connectivity index (χ0v) is 19.6. The number of aromatic nitrogens is 4. The van der Waals surface area contributed by atoms with Gasteiger partial charge in [-0.15, -0.1) is 0 Å². The first kappa shape index (κ1) is 23.7. The number of anilines is 1. The molecular weight excluding hydrogens is 459 g/mol. The van der Waals surface area contributed by atoms with Crippen LogP contribution in [0.3, 0.4) is 0 Å². The van der Waals surface area contributed by atoms with Gasteiger partial charge >= 0.3 is 6.18 Å². The van der Waals surface area contributed by atoms with Crippen LogP contribution in [0.25, 0.3) is 11.3 Å². The van der Waals surface area contributed by atoms with Crippen molar-refractivity contribution in [3.05, 3.63) is 54.0 Å². The highest BCUT2D eigenvalue weighted by Gasteiger charge is 2.32. The Morgan fingerprint density at radius 1 is 1.06 bits per heavy atom. The molecule has 2 saturated heterocycles. The molecule has 2 fully saturated rings. The minimum Gasteiger partial charge on any atom is -0.370 e. The van der Waals surface area contributed by atoms with Gasteiger partial charge in [-0.05, 0) is 25.1 Å². The molecule has 2 aliphatic rings. The maximum absolute atomic E-state index is 12.9. The second-order valence-corrected chi connectivity index (χ2v) is 9.10. The summed E-state index contributed by atoms with van der Waals surface area (Å²) in [6.07, 6.45) is 0.278. The lowest BCUT2D eigenvalue weighted by Crippen LogP contribution is -3.09. The Morgan fingerprint density at radius 2 is 1.89 bits per heavy atom. The summed E-state index contributed by atoms with van der Waals surface area (Å²) in [7, 11) is 0. The summed E-state index contributed by atoms with van der Waals surface area (Å²) in [5.41, 5.74) is 2.32. The molecule has 0 saturated carbocycles. The van der Waals surface area contributed by atoms with Crippen molar-refractivity contribution in [2.24, 2.45) is 0 Å². The molecule has 0 amide bonds. The monoisotopic (exact) mass is 488 g/mol. The number of nitrogens with one attached hydrogen (secondary N) is 2. The highest BCUT2D eigenvalue weighted by Crippen LogP contribution is 2.30. The number of H-pyrrole nitrogens is 1. The number of hydrogen-bond acceptors (Lipinski definition) is 6. The minimum atomic E-state index is -4.38. The first-order valence-electron chi connectivity index (χ1n) is 11.8. The van der Waals surface area contributed by atoms with Gasteiger partial charge in [-0.3, -0.25) is 14.9 Å². The van der Waals surface area contributed by atoms with Crippen molar-refractivity contribution in [3.8, 4) is 11.3 Å². The van der Waals surface area contributed by atoms with Crippen LogP contribution in [-0.4, -0.2) is 77.0 Å². The van der Waals surface area contributed by atoms with Crippen molar-refractivity contribution in [3.63, 3.8) is 0 Å². The maximum Gasteiger partial charge on any atom is 0.417 e. The average molecular weight is 489 g/mol. The van der Waals surface area contributed by atoms with Crippen LogP contribution >= 0.6 is 0 Å². The van der Waals surface area contributed by atoms with Crippen LogP contribution in [-0.2, 0) is 17.5 Å². The first-order valence-corrected chi connectivity index (χ1v) is 11.8. The third-order valence-corrected chi connectivity index (χ3v) is 6.70. The van der Waals surface area contributed by atoms with Crippen LogP contribution in [0, 0.1) is 0 Å². The fourth-order valence-corrected chi connectivity index (χ4v) is 4.79. The van der Waals surface area contributed by atoms with Gasteiger partial charge in [0.05, 0.1) is 30.7 Å². The lowest BCUT2D eigenvalue weighted by Gasteiger charge is -2.40. The van der Waals surface area contributed by atoms with Crippen molar-refractivity contribution in [1.29, 1.82) is 0 Å². The average Bonchev–Trinajstić information content (AvgIpc) is 3.32. The Kier molecular flexibility index (Phi) is 6.72. The molecular formula is C24H29F3N7O+. The van der Waals surface area contributed by atoms with E-state index in [1.54, 1.807) is 0 Å². The van der Waals surface area contributed by atoms with E-state index in [-0.39, 0.29) is 6.04 Å². The number of piperazine rings is 1. The molecule has 1 atom stereocenters. The van der Waals surface area contributed by atoms with E-state index in [1.165, 1.54) is 11.0 Å². The van der Waals surface area contributed by atoms with Gasteiger partial charge in [-0.2, -0.15) is 18.3 Å². The van der Waals surface area contributed by atoms with Gasteiger partial charge < -0.3 is 9.64 Å². The molecule has 35 heavy (non-hydrogen) atoms. The van der Waals surface area contributed by atoms with Crippen molar-refractivity contribution in [2.75, 3.05) is 50.8 Å². The smallest absolute Gasteiger partial charge is 0.370 e. The van der Waals surface area contributed by atoms with Gasteiger partial charge in [0.25, 0.3) is 0 Å². The molecule has 5 rings (SSSR count). The molecule has 3 aromatic heterocycles. The Morgan fingerprint density at radius 3 is 2.54 bits per heavy atom. The number of ether oxygens (including phenoxy) is 1. The van der Waals surface area contributed by atoms with Gasteiger partial charge in [0, 0.05) is 61.8 Å². The summed E-state index contributed by atoms with van der Waals surface area (Å²) in [5.74, 6) is 1.60. The normalized spacial score (nSPS) is 20.3. The van der Waals surface area contributed by atoms with Crippen LogP contribution < -0.4 is 9.80 Å². The van der Waals surface area contributed by atoms with Crippen LogP contribution in [0.15, 0.2) is 42.9 Å². The third-order valence-electron chi connectivity index (χ3n) is 6.70. The second kappa shape index (κ2) is 9.92. The lowest BCUT2D eigenvalue weighted by atomic mass is 10.1. The van der Waals surface area contributed by atoms with Crippen LogP contribution in [0.4, 0.5) is 24.8 Å². The van der Waals surface area contributed by atoms with E-state index in [0.717, 1.165) is 80.8 Å². The van der Waals surface area contributed by atoms with Crippen molar-refractivity contribution in [1.82, 2.24) is 25.1 Å². The largest absolute Gasteiger partial charge is 0.417 e. The maximum atomic E-state index is 12.9. The van der Waals surface area contributed by atoms with Gasteiger partial charge in [0.1, 0.15) is 18.9 Å². The molecule has 5 heterocycles. The molecule has 3 aromatic rings. The molecule has 8 nitrogen and oxygen atoms in total. The molecule has 0 spiro atoms. The van der Waals surface area contributed by atoms with E-state index in [1.807, 2.05) is 12.4 Å². The summed E-state index contributed by atoms with van der Waals surface area (Å²) in [6, 6.07) is 6.81. The number of morpholine rings is 1. The molecule has 0 aliphatic carbocycles. The van der Waals surface area contributed by atoms with Gasteiger partial charge in [0.15, 0.2) is 0 Å². The standard InChI is InChI=1S/C24H28F3N7O/c1-17-15-32(6-7-34(17)22-5-3-20(14-29-22)24(25,26)27)16-19-13-30-31-23(19)18-2-4-21(28-12-18)33-8-10-35-11-9-33/h2-5,12-14,17H,6-11,15-16H2,1H3,(H,30,31)/p+1/t17-/m1/s1. The van der Waals surface area contributed by atoms with Gasteiger partial charge in [-0.25, -0.2) is 9.97 Å². The Labute approximate surface area is 201 Å². The summed E-state index contributed by atoms with van der Waals surface area (Å²) in [4.78, 5) is 14.5. The summed E-state index contributed by atoms with van der Waals surface area (Å²) in [6.45, 7) is 8.38. The quantitative estimate of drug-likeness (QED) is 0.574. The zero-order chi connectivity index (χ0) is 24.4. The molecule has 11 heteroatoms. The number of pyridine rings is 2.